The fraction of sp³-hybridized carbons (Fsp3) is 0.300. The van der Waals surface area contributed by atoms with Crippen molar-refractivity contribution >= 4 is 22.9 Å². The summed E-state index contributed by atoms with van der Waals surface area (Å²) in [4.78, 5) is 11.3. The smallest absolute Gasteiger partial charge is 0.328 e. The molecule has 15 heavy (non-hydrogen) atoms. The van der Waals surface area contributed by atoms with E-state index in [2.05, 4.69) is 0 Å². The highest BCUT2D eigenvalue weighted by Gasteiger charge is 2.40. The fourth-order valence-corrected chi connectivity index (χ4v) is 2.58. The minimum atomic E-state index is -3.02. The van der Waals surface area contributed by atoms with Gasteiger partial charge >= 0.3 is 5.97 Å². The van der Waals surface area contributed by atoms with Gasteiger partial charge in [0.25, 0.3) is 5.92 Å². The summed E-state index contributed by atoms with van der Waals surface area (Å²) < 4.78 is 26.9. The number of carboxylic acids is 1. The summed E-state index contributed by atoms with van der Waals surface area (Å²) in [6.45, 7) is 0. The van der Waals surface area contributed by atoms with Crippen LogP contribution in [0.15, 0.2) is 17.5 Å². The van der Waals surface area contributed by atoms with Crippen molar-refractivity contribution in [1.29, 1.82) is 0 Å². The maximum Gasteiger partial charge on any atom is 0.328 e. The summed E-state index contributed by atoms with van der Waals surface area (Å²) in [5.41, 5.74) is 0.0242. The molecule has 1 N–H and O–H groups in total. The number of allylic oxidation sites excluding steroid dienone is 1. The van der Waals surface area contributed by atoms with Crippen LogP contribution in [-0.2, 0) is 11.2 Å². The molecule has 0 amide bonds. The van der Waals surface area contributed by atoms with Crippen LogP contribution in [0.1, 0.15) is 16.9 Å². The van der Waals surface area contributed by atoms with Gasteiger partial charge in [0.05, 0.1) is 0 Å². The molecule has 1 heterocycles. The highest BCUT2D eigenvalue weighted by Crippen LogP contribution is 2.44. The first kappa shape index (κ1) is 10.3. The van der Waals surface area contributed by atoms with Gasteiger partial charge in [0, 0.05) is 22.9 Å². The highest BCUT2D eigenvalue weighted by molar-refractivity contribution is 7.10. The van der Waals surface area contributed by atoms with Gasteiger partial charge in [0.15, 0.2) is 0 Å². The lowest BCUT2D eigenvalue weighted by atomic mass is 9.89. The summed E-state index contributed by atoms with van der Waals surface area (Å²) in [6, 6.07) is 1.56. The third-order valence-corrected chi connectivity index (χ3v) is 3.34. The van der Waals surface area contributed by atoms with Gasteiger partial charge in [-0.2, -0.15) is 0 Å². The fourth-order valence-electron chi connectivity index (χ4n) is 1.68. The molecule has 0 aromatic carbocycles. The summed E-state index contributed by atoms with van der Waals surface area (Å²) >= 11 is 1.39. The van der Waals surface area contributed by atoms with Crippen LogP contribution in [-0.4, -0.2) is 17.0 Å². The van der Waals surface area contributed by atoms with Crippen molar-refractivity contribution in [3.05, 3.63) is 28.0 Å². The van der Waals surface area contributed by atoms with Gasteiger partial charge in [-0.15, -0.1) is 11.3 Å². The Hall–Kier alpha value is -1.23. The second kappa shape index (κ2) is 3.41. The van der Waals surface area contributed by atoms with Crippen molar-refractivity contribution in [2.24, 2.45) is 0 Å². The lowest BCUT2D eigenvalue weighted by Crippen LogP contribution is -2.24. The number of alkyl halides is 2. The lowest BCUT2D eigenvalue weighted by molar-refractivity contribution is -0.131. The van der Waals surface area contributed by atoms with Gasteiger partial charge < -0.3 is 5.11 Å². The molecule has 80 valence electrons. The molecule has 0 radical (unpaired) electrons. The van der Waals surface area contributed by atoms with Crippen LogP contribution in [0.3, 0.4) is 0 Å². The summed E-state index contributed by atoms with van der Waals surface area (Å²) in [7, 11) is 0. The summed E-state index contributed by atoms with van der Waals surface area (Å²) in [6.07, 6.45) is 0.626. The quantitative estimate of drug-likeness (QED) is 0.753. The number of aliphatic carboxylic acids is 1. The number of carbonyl (C=O) groups is 1. The Kier molecular flexibility index (Phi) is 2.34. The molecular formula is C10H8F2O2S. The van der Waals surface area contributed by atoms with Crippen molar-refractivity contribution in [3.63, 3.8) is 0 Å². The SMILES string of the molecule is O=C(O)C=C1c2ccsc2CCC1(F)F. The standard InChI is InChI=1S/C10H8F2O2S/c11-10(12)3-1-8-6(2-4-15-8)7(10)5-9(13)14/h2,4-5H,1,3H2,(H,13,14). The Balaban J connectivity index is 2.54. The first-order valence-electron chi connectivity index (χ1n) is 4.40. The average Bonchev–Trinajstić information content (AvgIpc) is 2.57. The van der Waals surface area contributed by atoms with Gasteiger partial charge in [-0.05, 0) is 23.4 Å². The predicted octanol–water partition coefficient (Wildman–Crippen LogP) is 2.80. The molecule has 2 nitrogen and oxygen atoms in total. The number of carboxylic acid groups (broad SMARTS) is 1. The normalized spacial score (nSPS) is 21.3. The van der Waals surface area contributed by atoms with E-state index in [9.17, 15) is 13.6 Å². The number of hydrogen-bond donors (Lipinski definition) is 1. The Morgan fingerprint density at radius 2 is 2.33 bits per heavy atom. The number of aryl methyl sites for hydroxylation is 1. The highest BCUT2D eigenvalue weighted by atomic mass is 32.1. The van der Waals surface area contributed by atoms with Crippen molar-refractivity contribution < 1.29 is 18.7 Å². The number of rotatable bonds is 1. The second-order valence-corrected chi connectivity index (χ2v) is 4.36. The predicted molar refractivity (Wildman–Crippen MR) is 53.2 cm³/mol. The summed E-state index contributed by atoms with van der Waals surface area (Å²) in [5, 5.41) is 10.3. The van der Waals surface area contributed by atoms with Crippen LogP contribution in [0.4, 0.5) is 8.78 Å². The maximum absolute atomic E-state index is 13.5. The van der Waals surface area contributed by atoms with Crippen LogP contribution >= 0.6 is 11.3 Å². The average molecular weight is 230 g/mol. The zero-order valence-electron chi connectivity index (χ0n) is 7.67. The third kappa shape index (κ3) is 1.79. The van der Waals surface area contributed by atoms with Crippen molar-refractivity contribution in [2.75, 3.05) is 0 Å². The van der Waals surface area contributed by atoms with Crippen LogP contribution in [0.5, 0.6) is 0 Å². The van der Waals surface area contributed by atoms with E-state index in [-0.39, 0.29) is 12.0 Å². The molecule has 0 spiro atoms. The van der Waals surface area contributed by atoms with Crippen molar-refractivity contribution in [2.45, 2.75) is 18.8 Å². The monoisotopic (exact) mass is 230 g/mol. The Bertz CT molecular complexity index is 434. The third-order valence-electron chi connectivity index (χ3n) is 2.36. The van der Waals surface area contributed by atoms with E-state index < -0.39 is 11.9 Å². The molecule has 0 atom stereocenters. The van der Waals surface area contributed by atoms with Gasteiger partial charge in [0.2, 0.25) is 0 Å². The molecule has 0 fully saturated rings. The van der Waals surface area contributed by atoms with Gasteiger partial charge in [-0.25, -0.2) is 13.6 Å². The molecule has 1 aliphatic rings. The van der Waals surface area contributed by atoms with E-state index in [1.807, 2.05) is 0 Å². The number of halogens is 2. The zero-order chi connectivity index (χ0) is 11.1. The van der Waals surface area contributed by atoms with Crippen molar-refractivity contribution in [3.8, 4) is 0 Å². The van der Waals surface area contributed by atoms with Crippen molar-refractivity contribution in [1.82, 2.24) is 0 Å². The number of fused-ring (bicyclic) bond motifs is 1. The molecule has 1 aromatic rings. The van der Waals surface area contributed by atoms with Crippen LogP contribution in [0.2, 0.25) is 0 Å². The van der Waals surface area contributed by atoms with Gasteiger partial charge in [-0.1, -0.05) is 0 Å². The van der Waals surface area contributed by atoms with E-state index in [0.717, 1.165) is 4.88 Å². The molecule has 0 saturated heterocycles. The van der Waals surface area contributed by atoms with Crippen LogP contribution in [0.25, 0.3) is 5.57 Å². The first-order valence-corrected chi connectivity index (χ1v) is 5.28. The molecule has 0 saturated carbocycles. The van der Waals surface area contributed by atoms with Crippen LogP contribution < -0.4 is 0 Å². The maximum atomic E-state index is 13.5. The molecule has 2 rings (SSSR count). The zero-order valence-corrected chi connectivity index (χ0v) is 8.48. The van der Waals surface area contributed by atoms with E-state index in [0.29, 0.717) is 18.1 Å². The second-order valence-electron chi connectivity index (χ2n) is 3.36. The number of thiophene rings is 1. The van der Waals surface area contributed by atoms with E-state index in [4.69, 9.17) is 5.11 Å². The van der Waals surface area contributed by atoms with Gasteiger partial charge in [-0.3, -0.25) is 0 Å². The Labute approximate surface area is 88.9 Å². The molecule has 1 aliphatic carbocycles. The Morgan fingerprint density at radius 3 is 3.00 bits per heavy atom. The molecule has 1 aromatic heterocycles. The Morgan fingerprint density at radius 1 is 1.60 bits per heavy atom. The van der Waals surface area contributed by atoms with Crippen LogP contribution in [0, 0.1) is 0 Å². The molecular weight excluding hydrogens is 222 g/mol. The molecule has 5 heteroatoms. The van der Waals surface area contributed by atoms with E-state index >= 15 is 0 Å². The molecule has 0 bridgehead atoms. The topological polar surface area (TPSA) is 37.3 Å². The largest absolute Gasteiger partial charge is 0.478 e. The number of hydrogen-bond acceptors (Lipinski definition) is 2. The van der Waals surface area contributed by atoms with Gasteiger partial charge in [0.1, 0.15) is 0 Å². The summed E-state index contributed by atoms with van der Waals surface area (Å²) in [5.74, 6) is -4.35. The first-order chi connectivity index (χ1) is 7.00. The minimum Gasteiger partial charge on any atom is -0.478 e. The minimum absolute atomic E-state index is 0.306. The van der Waals surface area contributed by atoms with E-state index in [1.54, 1.807) is 11.4 Å². The lowest BCUT2D eigenvalue weighted by Gasteiger charge is -2.24. The molecule has 0 unspecified atom stereocenters. The van der Waals surface area contributed by atoms with E-state index in [1.165, 1.54) is 11.3 Å². The molecule has 0 aliphatic heterocycles.